The molecule has 0 fully saturated rings. The van der Waals surface area contributed by atoms with Crippen molar-refractivity contribution in [1.29, 1.82) is 0 Å². The summed E-state index contributed by atoms with van der Waals surface area (Å²) >= 11 is 12.7. The molecule has 6 nitrogen and oxygen atoms in total. The van der Waals surface area contributed by atoms with Crippen LogP contribution in [0.2, 0.25) is 10.0 Å². The Hall–Kier alpha value is -1.99. The normalized spacial score (nSPS) is 12.0. The fraction of sp³-hybridized carbons (Fsp3) is 0. The first-order valence-electron chi connectivity index (χ1n) is 7.63. The molecule has 14 heteroatoms. The Morgan fingerprint density at radius 1 is 0.767 bits per heavy atom. The van der Waals surface area contributed by atoms with Crippen LogP contribution in [0.1, 0.15) is 0 Å². The molecule has 0 unspecified atom stereocenters. The molecule has 0 saturated heterocycles. The molecular weight excluding hydrogens is 508 g/mol. The highest BCUT2D eigenvalue weighted by atomic mass is 35.5. The second kappa shape index (κ2) is 8.27. The number of thiophene rings is 1. The van der Waals surface area contributed by atoms with Crippen LogP contribution >= 0.6 is 34.5 Å². The summed E-state index contributed by atoms with van der Waals surface area (Å²) in [5.74, 6) is -4.72. The van der Waals surface area contributed by atoms with Gasteiger partial charge in [0.1, 0.15) is 14.9 Å². The van der Waals surface area contributed by atoms with Gasteiger partial charge in [-0.2, -0.15) is 0 Å². The lowest BCUT2D eigenvalue weighted by molar-refractivity contribution is 0.482. The molecule has 1 heterocycles. The predicted molar refractivity (Wildman–Crippen MR) is 109 cm³/mol. The summed E-state index contributed by atoms with van der Waals surface area (Å²) in [6, 6.07) is 5.04. The average Bonchev–Trinajstić information content (AvgIpc) is 3.17. The molecule has 0 saturated carbocycles. The van der Waals surface area contributed by atoms with Crippen molar-refractivity contribution < 1.29 is 30.0 Å². The third-order valence-electron chi connectivity index (χ3n) is 3.57. The minimum atomic E-state index is -4.81. The van der Waals surface area contributed by atoms with E-state index in [0.717, 1.165) is 23.5 Å². The third kappa shape index (κ3) is 4.67. The summed E-state index contributed by atoms with van der Waals surface area (Å²) < 4.78 is 94.5. The average molecular weight is 517 g/mol. The molecule has 2 N–H and O–H groups in total. The second-order valence-electron chi connectivity index (χ2n) is 5.65. The molecule has 3 rings (SSSR count). The number of nitrogens with one attached hydrogen (secondary N) is 2. The first-order valence-corrected chi connectivity index (χ1v) is 12.2. The molecule has 0 aliphatic heterocycles. The second-order valence-corrected chi connectivity index (χ2v) is 11.0. The number of benzene rings is 2. The number of anilines is 2. The van der Waals surface area contributed by atoms with Crippen molar-refractivity contribution in [3.05, 3.63) is 69.3 Å². The Morgan fingerprint density at radius 2 is 1.30 bits per heavy atom. The highest BCUT2D eigenvalue weighted by Gasteiger charge is 2.25. The molecule has 2 aromatic carbocycles. The van der Waals surface area contributed by atoms with Crippen LogP contribution in [-0.4, -0.2) is 16.8 Å². The quantitative estimate of drug-likeness (QED) is 0.447. The zero-order valence-corrected chi connectivity index (χ0v) is 18.3. The number of hydrogen-bond acceptors (Lipinski definition) is 5. The van der Waals surface area contributed by atoms with Gasteiger partial charge >= 0.3 is 0 Å². The highest BCUT2D eigenvalue weighted by Crippen LogP contribution is 2.36. The molecular formula is C16H9Cl2F3N2O4S3. The van der Waals surface area contributed by atoms with Crippen LogP contribution < -0.4 is 9.44 Å². The lowest BCUT2D eigenvalue weighted by atomic mass is 10.3. The van der Waals surface area contributed by atoms with E-state index in [-0.39, 0.29) is 32.1 Å². The first kappa shape index (κ1) is 22.7. The zero-order valence-electron chi connectivity index (χ0n) is 14.3. The van der Waals surface area contributed by atoms with Gasteiger partial charge in [0, 0.05) is 12.1 Å². The van der Waals surface area contributed by atoms with Gasteiger partial charge in [-0.3, -0.25) is 9.44 Å². The number of rotatable bonds is 6. The topological polar surface area (TPSA) is 92.3 Å². The SMILES string of the molecule is O=S(=O)(Nc1cc(Cl)c(Cl)cc1NS(=O)(=O)c1cc(F)c(F)cc1F)c1cccs1. The third-order valence-corrected chi connectivity index (χ3v) is 8.44. The van der Waals surface area contributed by atoms with Gasteiger partial charge in [0.15, 0.2) is 11.6 Å². The maximum atomic E-state index is 13.9. The lowest BCUT2D eigenvalue weighted by Gasteiger charge is -2.16. The molecule has 0 amide bonds. The van der Waals surface area contributed by atoms with Gasteiger partial charge in [0.05, 0.1) is 21.4 Å². The van der Waals surface area contributed by atoms with Crippen LogP contribution in [0, 0.1) is 17.5 Å². The van der Waals surface area contributed by atoms with Crippen LogP contribution in [0.15, 0.2) is 50.9 Å². The molecule has 30 heavy (non-hydrogen) atoms. The Morgan fingerprint density at radius 3 is 1.83 bits per heavy atom. The van der Waals surface area contributed by atoms with Crippen molar-refractivity contribution >= 4 is 66.0 Å². The monoisotopic (exact) mass is 516 g/mol. The van der Waals surface area contributed by atoms with Crippen LogP contribution in [0.3, 0.4) is 0 Å². The fourth-order valence-corrected chi connectivity index (χ4v) is 5.77. The molecule has 0 aliphatic carbocycles. The largest absolute Gasteiger partial charge is 0.277 e. The standard InChI is InChI=1S/C16H9Cl2F3N2O4S3/c17-8-4-13(22-29(24,25)15-7-11(20)10(19)6-12(15)21)14(5-9(8)18)23-30(26,27)16-2-1-3-28-16/h1-7,22-23H. The smallest absolute Gasteiger partial charge is 0.271 e. The van der Waals surface area contributed by atoms with Gasteiger partial charge in [-0.05, 0) is 23.6 Å². The van der Waals surface area contributed by atoms with E-state index < -0.39 is 48.1 Å². The first-order chi connectivity index (χ1) is 13.9. The summed E-state index contributed by atoms with van der Waals surface area (Å²) in [5, 5.41) is 1.25. The number of hydrogen-bond donors (Lipinski definition) is 2. The molecule has 3 aromatic rings. The van der Waals surface area contributed by atoms with Crippen LogP contribution in [0.5, 0.6) is 0 Å². The van der Waals surface area contributed by atoms with Gasteiger partial charge in [-0.25, -0.2) is 30.0 Å². The van der Waals surface area contributed by atoms with E-state index in [2.05, 4.69) is 4.72 Å². The summed E-state index contributed by atoms with van der Waals surface area (Å²) in [5.41, 5.74) is -0.752. The molecule has 0 atom stereocenters. The summed E-state index contributed by atoms with van der Waals surface area (Å²) in [6.07, 6.45) is 0. The highest BCUT2D eigenvalue weighted by molar-refractivity contribution is 7.94. The van der Waals surface area contributed by atoms with E-state index in [9.17, 15) is 30.0 Å². The Kier molecular flexibility index (Phi) is 6.25. The minimum absolute atomic E-state index is 0.0686. The summed E-state index contributed by atoms with van der Waals surface area (Å²) in [6.45, 7) is 0. The van der Waals surface area contributed by atoms with E-state index in [0.29, 0.717) is 0 Å². The van der Waals surface area contributed by atoms with Crippen molar-refractivity contribution in [2.45, 2.75) is 9.10 Å². The molecule has 0 radical (unpaired) electrons. The molecule has 0 bridgehead atoms. The molecule has 160 valence electrons. The zero-order chi connectivity index (χ0) is 22.3. The van der Waals surface area contributed by atoms with E-state index >= 15 is 0 Å². The van der Waals surface area contributed by atoms with Gasteiger partial charge in [0.2, 0.25) is 0 Å². The Bertz CT molecular complexity index is 1330. The van der Waals surface area contributed by atoms with Crippen LogP contribution in [-0.2, 0) is 20.0 Å². The van der Waals surface area contributed by atoms with E-state index in [4.69, 9.17) is 23.2 Å². The van der Waals surface area contributed by atoms with Gasteiger partial charge in [-0.15, -0.1) is 11.3 Å². The minimum Gasteiger partial charge on any atom is -0.277 e. The van der Waals surface area contributed by atoms with Crippen molar-refractivity contribution in [1.82, 2.24) is 0 Å². The number of halogens is 5. The Labute approximate surface area is 183 Å². The van der Waals surface area contributed by atoms with Gasteiger partial charge in [-0.1, -0.05) is 29.3 Å². The summed E-state index contributed by atoms with van der Waals surface area (Å²) in [7, 11) is -8.92. The van der Waals surface area contributed by atoms with E-state index in [1.165, 1.54) is 17.5 Å². The van der Waals surface area contributed by atoms with Crippen LogP contribution in [0.25, 0.3) is 0 Å². The van der Waals surface area contributed by atoms with E-state index in [1.54, 1.807) is 0 Å². The fourth-order valence-electron chi connectivity index (χ4n) is 2.24. The van der Waals surface area contributed by atoms with E-state index in [1.807, 2.05) is 4.72 Å². The van der Waals surface area contributed by atoms with Crippen molar-refractivity contribution in [3.8, 4) is 0 Å². The van der Waals surface area contributed by atoms with Crippen molar-refractivity contribution in [2.75, 3.05) is 9.44 Å². The Balaban J connectivity index is 2.06. The lowest BCUT2D eigenvalue weighted by Crippen LogP contribution is -2.18. The van der Waals surface area contributed by atoms with Gasteiger partial charge in [0.25, 0.3) is 20.0 Å². The maximum Gasteiger partial charge on any atom is 0.271 e. The van der Waals surface area contributed by atoms with Gasteiger partial charge < -0.3 is 0 Å². The molecule has 0 aliphatic rings. The number of sulfonamides is 2. The van der Waals surface area contributed by atoms with Crippen LogP contribution in [0.4, 0.5) is 24.5 Å². The van der Waals surface area contributed by atoms with Crippen molar-refractivity contribution in [3.63, 3.8) is 0 Å². The maximum absolute atomic E-state index is 13.9. The molecule has 0 spiro atoms. The predicted octanol–water partition coefficient (Wildman–Crippen LogP) is 5.07. The van der Waals surface area contributed by atoms with Crippen molar-refractivity contribution in [2.24, 2.45) is 0 Å². The molecule has 1 aromatic heterocycles. The summed E-state index contributed by atoms with van der Waals surface area (Å²) in [4.78, 5) is -1.19.